The van der Waals surface area contributed by atoms with Crippen LogP contribution in [0.3, 0.4) is 0 Å². The fourth-order valence-electron chi connectivity index (χ4n) is 1.58. The van der Waals surface area contributed by atoms with E-state index in [9.17, 15) is 9.59 Å². The molecule has 0 fully saturated rings. The van der Waals surface area contributed by atoms with Crippen molar-refractivity contribution >= 4 is 34.2 Å². The second-order valence-corrected chi connectivity index (χ2v) is 4.68. The van der Waals surface area contributed by atoms with E-state index < -0.39 is 0 Å². The maximum Gasteiger partial charge on any atom is 0.205 e. The smallest absolute Gasteiger partial charge is 0.205 e. The molecular weight excluding hydrogens is 216 g/mol. The van der Waals surface area contributed by atoms with Crippen molar-refractivity contribution in [3.8, 4) is 0 Å². The molecule has 2 heterocycles. The quantitative estimate of drug-likeness (QED) is 0.583. The van der Waals surface area contributed by atoms with Gasteiger partial charge in [-0.05, 0) is 11.4 Å². The van der Waals surface area contributed by atoms with Gasteiger partial charge >= 0.3 is 0 Å². The molecule has 0 amide bonds. The molecule has 0 atom stereocenters. The molecule has 0 spiro atoms. The average Bonchev–Trinajstić information content (AvgIpc) is 2.82. The summed E-state index contributed by atoms with van der Waals surface area (Å²) in [5.74, 6) is -0.0250. The number of hydrogen-bond acceptors (Lipinski definition) is 4. The standard InChI is InChI=1S/C10H4O2S2/c11-8-5-1-2-14-10(5)9(12)7-4-13-3-6(7)8/h1-4H. The van der Waals surface area contributed by atoms with Gasteiger partial charge in [0.05, 0.1) is 4.88 Å². The molecule has 3 rings (SSSR count). The molecular formula is C10H4O2S2. The van der Waals surface area contributed by atoms with Crippen LogP contribution in [0.25, 0.3) is 0 Å². The van der Waals surface area contributed by atoms with Crippen LogP contribution < -0.4 is 0 Å². The Morgan fingerprint density at radius 2 is 1.64 bits per heavy atom. The average molecular weight is 220 g/mol. The van der Waals surface area contributed by atoms with Gasteiger partial charge in [0.1, 0.15) is 0 Å². The Bertz CT molecular complexity index is 457. The van der Waals surface area contributed by atoms with Crippen LogP contribution in [0.2, 0.25) is 0 Å². The Kier molecular flexibility index (Phi) is 1.51. The normalized spacial score (nSPS) is 14.0. The summed E-state index contributed by atoms with van der Waals surface area (Å²) in [5, 5.41) is 5.28. The number of rotatable bonds is 0. The molecule has 2 aromatic heterocycles. The second-order valence-electron chi connectivity index (χ2n) is 3.02. The van der Waals surface area contributed by atoms with Crippen LogP contribution >= 0.6 is 22.7 Å². The summed E-state index contributed by atoms with van der Waals surface area (Å²) in [6, 6.07) is 1.72. The van der Waals surface area contributed by atoms with Crippen molar-refractivity contribution in [2.24, 2.45) is 0 Å². The lowest BCUT2D eigenvalue weighted by molar-refractivity contribution is 0.0983. The van der Waals surface area contributed by atoms with E-state index in [0.29, 0.717) is 21.6 Å². The predicted octanol–water partition coefficient (Wildman–Crippen LogP) is 2.59. The maximum atomic E-state index is 11.8. The molecule has 0 saturated heterocycles. The molecule has 0 unspecified atom stereocenters. The Morgan fingerprint density at radius 1 is 0.929 bits per heavy atom. The van der Waals surface area contributed by atoms with E-state index >= 15 is 0 Å². The molecule has 68 valence electrons. The highest BCUT2D eigenvalue weighted by molar-refractivity contribution is 7.13. The van der Waals surface area contributed by atoms with E-state index in [0.717, 1.165) is 0 Å². The van der Waals surface area contributed by atoms with Crippen molar-refractivity contribution in [2.75, 3.05) is 0 Å². The summed E-state index contributed by atoms with van der Waals surface area (Å²) in [6.07, 6.45) is 0. The molecule has 0 N–H and O–H groups in total. The van der Waals surface area contributed by atoms with Gasteiger partial charge in [-0.25, -0.2) is 0 Å². The summed E-state index contributed by atoms with van der Waals surface area (Å²) in [7, 11) is 0. The van der Waals surface area contributed by atoms with Gasteiger partial charge < -0.3 is 0 Å². The lowest BCUT2D eigenvalue weighted by Gasteiger charge is -2.08. The largest absolute Gasteiger partial charge is 0.288 e. The van der Waals surface area contributed by atoms with E-state index in [1.54, 1.807) is 22.2 Å². The van der Waals surface area contributed by atoms with Gasteiger partial charge in [0, 0.05) is 27.5 Å². The van der Waals surface area contributed by atoms with Gasteiger partial charge in [-0.3, -0.25) is 9.59 Å². The molecule has 2 nitrogen and oxygen atoms in total. The molecule has 0 radical (unpaired) electrons. The third-order valence-electron chi connectivity index (χ3n) is 2.27. The molecule has 1 aliphatic carbocycles. The van der Waals surface area contributed by atoms with Crippen LogP contribution in [-0.4, -0.2) is 11.6 Å². The van der Waals surface area contributed by atoms with Crippen molar-refractivity contribution in [2.45, 2.75) is 0 Å². The van der Waals surface area contributed by atoms with Crippen molar-refractivity contribution in [1.29, 1.82) is 0 Å². The van der Waals surface area contributed by atoms with Gasteiger partial charge in [0.25, 0.3) is 0 Å². The first-order valence-electron chi connectivity index (χ1n) is 4.02. The number of thiophene rings is 2. The van der Waals surface area contributed by atoms with Crippen molar-refractivity contribution in [3.63, 3.8) is 0 Å². The van der Waals surface area contributed by atoms with Crippen molar-refractivity contribution in [1.82, 2.24) is 0 Å². The summed E-state index contributed by atoms with van der Waals surface area (Å²) in [5.41, 5.74) is 1.69. The number of ketones is 2. The second kappa shape index (κ2) is 2.62. The summed E-state index contributed by atoms with van der Waals surface area (Å²) in [4.78, 5) is 24.3. The summed E-state index contributed by atoms with van der Waals surface area (Å²) < 4.78 is 0. The van der Waals surface area contributed by atoms with Gasteiger partial charge in [-0.2, -0.15) is 11.3 Å². The maximum absolute atomic E-state index is 11.8. The predicted molar refractivity (Wildman–Crippen MR) is 55.5 cm³/mol. The Hall–Kier alpha value is -1.26. The first kappa shape index (κ1) is 8.08. The van der Waals surface area contributed by atoms with Gasteiger partial charge in [0.2, 0.25) is 5.78 Å². The highest BCUT2D eigenvalue weighted by Crippen LogP contribution is 2.32. The zero-order valence-electron chi connectivity index (χ0n) is 6.94. The van der Waals surface area contributed by atoms with E-state index in [-0.39, 0.29) is 11.6 Å². The number of carbonyl (C=O) groups is 2. The van der Waals surface area contributed by atoms with E-state index in [2.05, 4.69) is 0 Å². The minimum atomic E-state index is -0.0166. The zero-order chi connectivity index (χ0) is 9.71. The van der Waals surface area contributed by atoms with E-state index in [1.807, 2.05) is 0 Å². The number of fused-ring (bicyclic) bond motifs is 2. The Morgan fingerprint density at radius 3 is 2.43 bits per heavy atom. The molecule has 0 aromatic carbocycles. The van der Waals surface area contributed by atoms with Crippen LogP contribution in [-0.2, 0) is 0 Å². The Balaban J connectivity index is 2.37. The van der Waals surface area contributed by atoms with Gasteiger partial charge in [0.15, 0.2) is 5.78 Å². The molecule has 1 aliphatic rings. The lowest BCUT2D eigenvalue weighted by Crippen LogP contribution is -2.16. The van der Waals surface area contributed by atoms with Crippen LogP contribution in [0.5, 0.6) is 0 Å². The fourth-order valence-corrected chi connectivity index (χ4v) is 3.23. The SMILES string of the molecule is O=C1c2cscc2C(=O)c2sccc21. The summed E-state index contributed by atoms with van der Waals surface area (Å²) >= 11 is 2.74. The van der Waals surface area contributed by atoms with Crippen LogP contribution in [0.15, 0.2) is 22.2 Å². The topological polar surface area (TPSA) is 34.1 Å². The van der Waals surface area contributed by atoms with Crippen LogP contribution in [0, 0.1) is 0 Å². The first-order chi connectivity index (χ1) is 6.79. The first-order valence-corrected chi connectivity index (χ1v) is 5.84. The van der Waals surface area contributed by atoms with Gasteiger partial charge in [-0.1, -0.05) is 0 Å². The molecule has 4 heteroatoms. The van der Waals surface area contributed by atoms with Crippen LogP contribution in [0.4, 0.5) is 0 Å². The molecule has 2 aromatic rings. The molecule has 0 aliphatic heterocycles. The van der Waals surface area contributed by atoms with Crippen molar-refractivity contribution < 1.29 is 9.59 Å². The third kappa shape index (κ3) is 0.844. The Labute approximate surface area is 87.8 Å². The highest BCUT2D eigenvalue weighted by Gasteiger charge is 2.31. The van der Waals surface area contributed by atoms with Crippen LogP contribution in [0.1, 0.15) is 31.2 Å². The highest BCUT2D eigenvalue weighted by atomic mass is 32.1. The summed E-state index contributed by atoms with van der Waals surface area (Å²) in [6.45, 7) is 0. The minimum Gasteiger partial charge on any atom is -0.288 e. The molecule has 0 bridgehead atoms. The fraction of sp³-hybridized carbons (Fsp3) is 0. The monoisotopic (exact) mass is 220 g/mol. The zero-order valence-corrected chi connectivity index (χ0v) is 8.58. The number of hydrogen-bond donors (Lipinski definition) is 0. The lowest BCUT2D eigenvalue weighted by atomic mass is 9.93. The third-order valence-corrected chi connectivity index (χ3v) is 3.92. The molecule has 0 saturated carbocycles. The molecule has 14 heavy (non-hydrogen) atoms. The van der Waals surface area contributed by atoms with Gasteiger partial charge in [-0.15, -0.1) is 11.3 Å². The van der Waals surface area contributed by atoms with E-state index in [4.69, 9.17) is 0 Å². The number of carbonyl (C=O) groups excluding carboxylic acids is 2. The van der Waals surface area contributed by atoms with E-state index in [1.165, 1.54) is 22.7 Å². The van der Waals surface area contributed by atoms with Crippen molar-refractivity contribution in [3.05, 3.63) is 43.8 Å². The minimum absolute atomic E-state index is 0.00847.